The minimum Gasteiger partial charge on any atom is -0.463 e. The number of para-hydroxylation sites is 1. The van der Waals surface area contributed by atoms with Crippen LogP contribution >= 0.6 is 0 Å². The van der Waals surface area contributed by atoms with Crippen LogP contribution in [-0.2, 0) is 20.7 Å². The first-order chi connectivity index (χ1) is 14.0. The van der Waals surface area contributed by atoms with E-state index in [0.717, 1.165) is 33.3 Å². The summed E-state index contributed by atoms with van der Waals surface area (Å²) in [5.41, 5.74) is 5.40. The van der Waals surface area contributed by atoms with Crippen molar-refractivity contribution in [3.8, 4) is 0 Å². The topological polar surface area (TPSA) is 68.3 Å². The molecule has 1 heterocycles. The lowest BCUT2D eigenvalue weighted by Crippen LogP contribution is -2.16. The highest BCUT2D eigenvalue weighted by atomic mass is 16.5. The zero-order chi connectivity index (χ0) is 20.8. The molecule has 29 heavy (non-hydrogen) atoms. The van der Waals surface area contributed by atoms with E-state index in [1.807, 2.05) is 50.2 Å². The second-order valence-corrected chi connectivity index (χ2v) is 6.75. The Morgan fingerprint density at radius 2 is 1.79 bits per heavy atom. The van der Waals surface area contributed by atoms with Gasteiger partial charge in [0.05, 0.1) is 18.5 Å². The maximum absolute atomic E-state index is 12.6. The first-order valence-electron chi connectivity index (χ1n) is 9.57. The van der Waals surface area contributed by atoms with Gasteiger partial charge in [-0.05, 0) is 61.7 Å². The lowest BCUT2D eigenvalue weighted by atomic mass is 9.99. The van der Waals surface area contributed by atoms with Crippen LogP contribution in [0.25, 0.3) is 17.0 Å². The summed E-state index contributed by atoms with van der Waals surface area (Å²) in [7, 11) is 0. The number of hydrogen-bond donors (Lipinski definition) is 1. The van der Waals surface area contributed by atoms with E-state index in [1.165, 1.54) is 6.08 Å². The molecule has 148 valence electrons. The second-order valence-electron chi connectivity index (χ2n) is 6.75. The number of carbonyl (C=O) groups excluding carboxylic acids is 2. The van der Waals surface area contributed by atoms with E-state index in [1.54, 1.807) is 25.1 Å². The van der Waals surface area contributed by atoms with Crippen molar-refractivity contribution in [2.45, 2.75) is 27.2 Å². The van der Waals surface area contributed by atoms with Gasteiger partial charge in [-0.2, -0.15) is 0 Å². The van der Waals surface area contributed by atoms with Gasteiger partial charge in [-0.15, -0.1) is 0 Å². The predicted octanol–water partition coefficient (Wildman–Crippen LogP) is 4.61. The van der Waals surface area contributed by atoms with Gasteiger partial charge in [-0.3, -0.25) is 9.78 Å². The molecule has 1 aromatic heterocycles. The molecule has 0 saturated carbocycles. The number of aromatic nitrogens is 1. The fourth-order valence-electron chi connectivity index (χ4n) is 3.23. The van der Waals surface area contributed by atoms with Crippen LogP contribution in [0.2, 0.25) is 0 Å². The molecule has 5 heteroatoms. The fourth-order valence-corrected chi connectivity index (χ4v) is 3.23. The third-order valence-corrected chi connectivity index (χ3v) is 4.72. The highest BCUT2D eigenvalue weighted by molar-refractivity contribution is 5.94. The van der Waals surface area contributed by atoms with Crippen molar-refractivity contribution in [2.24, 2.45) is 0 Å². The van der Waals surface area contributed by atoms with Gasteiger partial charge in [0.2, 0.25) is 5.91 Å². The average molecular weight is 388 g/mol. The molecule has 0 bridgehead atoms. The Morgan fingerprint density at radius 3 is 2.52 bits per heavy atom. The monoisotopic (exact) mass is 388 g/mol. The molecular formula is C24H24N2O3. The molecule has 0 unspecified atom stereocenters. The molecule has 0 radical (unpaired) electrons. The number of hydrogen-bond acceptors (Lipinski definition) is 4. The summed E-state index contributed by atoms with van der Waals surface area (Å²) >= 11 is 0. The Morgan fingerprint density at radius 1 is 1.07 bits per heavy atom. The number of carbonyl (C=O) groups is 2. The van der Waals surface area contributed by atoms with Crippen LogP contribution in [0.5, 0.6) is 0 Å². The minimum absolute atomic E-state index is 0.0944. The smallest absolute Gasteiger partial charge is 0.330 e. The van der Waals surface area contributed by atoms with Gasteiger partial charge in [0.25, 0.3) is 0 Å². The summed E-state index contributed by atoms with van der Waals surface area (Å²) in [5, 5.41) is 3.99. The molecule has 0 saturated heterocycles. The molecule has 1 amide bonds. The van der Waals surface area contributed by atoms with Gasteiger partial charge in [-0.25, -0.2) is 4.79 Å². The molecule has 5 nitrogen and oxygen atoms in total. The average Bonchev–Trinajstić information content (AvgIpc) is 2.71. The van der Waals surface area contributed by atoms with Crippen molar-refractivity contribution in [3.05, 3.63) is 77.0 Å². The van der Waals surface area contributed by atoms with Gasteiger partial charge < -0.3 is 10.1 Å². The van der Waals surface area contributed by atoms with Crippen molar-refractivity contribution >= 4 is 34.5 Å². The lowest BCUT2D eigenvalue weighted by molar-refractivity contribution is -0.137. The predicted molar refractivity (Wildman–Crippen MR) is 116 cm³/mol. The molecule has 3 rings (SSSR count). The summed E-state index contributed by atoms with van der Waals surface area (Å²) in [6.07, 6.45) is 3.33. The van der Waals surface area contributed by atoms with E-state index in [4.69, 9.17) is 4.74 Å². The first kappa shape index (κ1) is 20.3. The Bertz CT molecular complexity index is 1070. The van der Waals surface area contributed by atoms with Crippen molar-refractivity contribution < 1.29 is 14.3 Å². The third-order valence-electron chi connectivity index (χ3n) is 4.72. The molecule has 0 fully saturated rings. The van der Waals surface area contributed by atoms with Gasteiger partial charge in [-0.1, -0.05) is 30.3 Å². The number of pyridine rings is 1. The summed E-state index contributed by atoms with van der Waals surface area (Å²) in [6.45, 7) is 6.08. The highest BCUT2D eigenvalue weighted by Crippen LogP contribution is 2.23. The Labute approximate surface area is 170 Å². The van der Waals surface area contributed by atoms with Crippen LogP contribution in [0.1, 0.15) is 29.3 Å². The largest absolute Gasteiger partial charge is 0.463 e. The van der Waals surface area contributed by atoms with Gasteiger partial charge in [0.1, 0.15) is 0 Å². The van der Waals surface area contributed by atoms with Crippen molar-refractivity contribution in [1.29, 1.82) is 0 Å². The van der Waals surface area contributed by atoms with Crippen LogP contribution in [0.3, 0.4) is 0 Å². The molecule has 0 aliphatic carbocycles. The number of fused-ring (bicyclic) bond motifs is 1. The molecule has 0 aliphatic rings. The normalized spacial score (nSPS) is 11.0. The Kier molecular flexibility index (Phi) is 6.39. The zero-order valence-electron chi connectivity index (χ0n) is 16.9. The van der Waals surface area contributed by atoms with Crippen LogP contribution in [0, 0.1) is 13.8 Å². The molecule has 0 aliphatic heterocycles. The van der Waals surface area contributed by atoms with Crippen molar-refractivity contribution in [3.63, 3.8) is 0 Å². The highest BCUT2D eigenvalue weighted by Gasteiger charge is 2.13. The van der Waals surface area contributed by atoms with Crippen LogP contribution in [0.15, 0.2) is 54.6 Å². The lowest BCUT2D eigenvalue weighted by Gasteiger charge is -2.13. The SMILES string of the molecule is CCOC(=O)/C=C/c1ccc(NC(=O)Cc2c(C)nc3ccccc3c2C)cc1. The number of nitrogens with zero attached hydrogens (tertiary/aromatic N) is 1. The van der Waals surface area contributed by atoms with Crippen molar-refractivity contribution in [2.75, 3.05) is 11.9 Å². The maximum atomic E-state index is 12.6. The number of anilines is 1. The summed E-state index contributed by atoms with van der Waals surface area (Å²) in [5.74, 6) is -0.470. The van der Waals surface area contributed by atoms with Crippen LogP contribution in [-0.4, -0.2) is 23.5 Å². The Hall–Kier alpha value is -3.47. The Balaban J connectivity index is 1.68. The van der Waals surface area contributed by atoms with Gasteiger partial charge in [0, 0.05) is 22.8 Å². The second kappa shape index (κ2) is 9.15. The summed E-state index contributed by atoms with van der Waals surface area (Å²) in [4.78, 5) is 28.6. The zero-order valence-corrected chi connectivity index (χ0v) is 16.9. The number of rotatable bonds is 6. The van der Waals surface area contributed by atoms with E-state index >= 15 is 0 Å². The number of aryl methyl sites for hydroxylation is 2. The first-order valence-corrected chi connectivity index (χ1v) is 9.57. The molecule has 3 aromatic rings. The standard InChI is InChI=1S/C24H24N2O3/c1-4-29-24(28)14-11-18-9-12-19(13-10-18)26-23(27)15-21-16(2)20-7-5-6-8-22(20)25-17(21)3/h5-14H,4,15H2,1-3H3,(H,26,27)/b14-11+. The van der Waals surface area contributed by atoms with E-state index in [9.17, 15) is 9.59 Å². The fraction of sp³-hybridized carbons (Fsp3) is 0.208. The van der Waals surface area contributed by atoms with Gasteiger partial charge in [0.15, 0.2) is 0 Å². The molecule has 0 atom stereocenters. The molecule has 2 aromatic carbocycles. The maximum Gasteiger partial charge on any atom is 0.330 e. The molecular weight excluding hydrogens is 364 g/mol. The summed E-state index contributed by atoms with van der Waals surface area (Å²) < 4.78 is 4.85. The van der Waals surface area contributed by atoms with E-state index in [2.05, 4.69) is 10.3 Å². The minimum atomic E-state index is -0.375. The van der Waals surface area contributed by atoms with Gasteiger partial charge >= 0.3 is 5.97 Å². The quantitative estimate of drug-likeness (QED) is 0.495. The van der Waals surface area contributed by atoms with E-state index in [-0.39, 0.29) is 18.3 Å². The number of esters is 1. The third kappa shape index (κ3) is 5.08. The number of ether oxygens (including phenoxy) is 1. The van der Waals surface area contributed by atoms with Crippen LogP contribution < -0.4 is 5.32 Å². The summed E-state index contributed by atoms with van der Waals surface area (Å²) in [6, 6.07) is 15.2. The van der Waals surface area contributed by atoms with E-state index in [0.29, 0.717) is 12.3 Å². The molecule has 0 spiro atoms. The van der Waals surface area contributed by atoms with E-state index < -0.39 is 0 Å². The van der Waals surface area contributed by atoms with Crippen LogP contribution in [0.4, 0.5) is 5.69 Å². The number of benzene rings is 2. The molecule has 1 N–H and O–H groups in total. The number of nitrogens with one attached hydrogen (secondary N) is 1. The van der Waals surface area contributed by atoms with Crippen molar-refractivity contribution in [1.82, 2.24) is 4.98 Å². The number of amides is 1.